The van der Waals surface area contributed by atoms with E-state index in [4.69, 9.17) is 14.6 Å². The van der Waals surface area contributed by atoms with Crippen LogP contribution in [0.25, 0.3) is 10.8 Å². The summed E-state index contributed by atoms with van der Waals surface area (Å²) < 4.78 is 37.8. The highest BCUT2D eigenvalue weighted by Gasteiger charge is 2.38. The van der Waals surface area contributed by atoms with E-state index in [1.54, 1.807) is 12.1 Å². The molecule has 0 unspecified atom stereocenters. The van der Waals surface area contributed by atoms with E-state index < -0.39 is 12.1 Å². The number of hydrogen-bond acceptors (Lipinski definition) is 10. The fourth-order valence-electron chi connectivity index (χ4n) is 4.16. The van der Waals surface area contributed by atoms with Gasteiger partial charge in [-0.25, -0.2) is 4.79 Å². The minimum Gasteiger partial charge on any atom is -0.508 e. The topological polar surface area (TPSA) is 145 Å². The molecule has 4 aromatic rings. The molecular formula is C29H32F3N7O4. The number of nitrogens with one attached hydrogen (secondary N) is 3. The molecule has 0 spiro atoms. The number of phenolic OH excluding ortho intramolecular Hbond substituents is 1. The lowest BCUT2D eigenvalue weighted by Gasteiger charge is -2.27. The van der Waals surface area contributed by atoms with Crippen molar-refractivity contribution >= 4 is 34.6 Å². The van der Waals surface area contributed by atoms with E-state index in [1.165, 1.54) is 0 Å². The molecule has 1 aliphatic heterocycles. The maximum atomic E-state index is 10.6. The van der Waals surface area contributed by atoms with E-state index in [0.717, 1.165) is 54.7 Å². The number of anilines is 3. The summed E-state index contributed by atoms with van der Waals surface area (Å²) in [4.78, 5) is 25.0. The number of halogens is 3. The second-order valence-corrected chi connectivity index (χ2v) is 9.42. The van der Waals surface area contributed by atoms with Crippen molar-refractivity contribution in [1.29, 1.82) is 0 Å². The van der Waals surface area contributed by atoms with Crippen molar-refractivity contribution in [2.75, 3.05) is 61.4 Å². The third-order valence-corrected chi connectivity index (χ3v) is 6.29. The number of aromatic nitrogens is 3. The molecule has 1 saturated heterocycles. The van der Waals surface area contributed by atoms with Gasteiger partial charge in [-0.05, 0) is 35.6 Å². The number of carboxylic acids is 1. The summed E-state index contributed by atoms with van der Waals surface area (Å²) in [5.74, 6) is 0.0965. The zero-order valence-electron chi connectivity index (χ0n) is 23.1. The number of aliphatic carboxylic acids is 1. The highest BCUT2D eigenvalue weighted by atomic mass is 19.4. The molecule has 1 aliphatic rings. The molecule has 228 valence electrons. The van der Waals surface area contributed by atoms with Gasteiger partial charge in [0.05, 0.1) is 6.54 Å². The van der Waals surface area contributed by atoms with Crippen LogP contribution < -0.4 is 25.6 Å². The molecule has 0 aliphatic carbocycles. The summed E-state index contributed by atoms with van der Waals surface area (Å²) in [5.41, 5.74) is 1.13. The summed E-state index contributed by atoms with van der Waals surface area (Å²) in [6.45, 7) is 5.20. The quantitative estimate of drug-likeness (QED) is 0.169. The molecule has 1 fully saturated rings. The largest absolute Gasteiger partial charge is 0.508 e. The number of phenols is 1. The Morgan fingerprint density at radius 3 is 2.21 bits per heavy atom. The molecule has 0 atom stereocenters. The molecule has 5 rings (SSSR count). The lowest BCUT2D eigenvalue weighted by molar-refractivity contribution is -0.192. The molecule has 0 radical (unpaired) electrons. The first-order valence-corrected chi connectivity index (χ1v) is 13.6. The van der Waals surface area contributed by atoms with Crippen LogP contribution in [0.2, 0.25) is 0 Å². The smallest absolute Gasteiger partial charge is 0.490 e. The minimum atomic E-state index is -5.08. The number of benzene rings is 3. The average Bonchev–Trinajstić information content (AvgIpc) is 3.00. The summed E-state index contributed by atoms with van der Waals surface area (Å²) in [7, 11) is 0. The zero-order chi connectivity index (χ0) is 30.7. The first kappa shape index (κ1) is 31.1. The number of ether oxygens (including phenoxy) is 1. The van der Waals surface area contributed by atoms with E-state index in [-0.39, 0.29) is 5.75 Å². The van der Waals surface area contributed by atoms with E-state index in [1.807, 2.05) is 36.4 Å². The standard InChI is InChI=1S/C27H31N7O2.C2HF3O2/c35-22-10-8-20(9-11-22)12-13-29-25-31-26(33-27(32-25)34-17-14-28-15-18-34)30-16-19-36-24-7-3-5-21-4-1-2-6-23(21)24;3-2(4,5)1(6)7/h1-11,28,35H,12-19H2,(H2,29,30,31,32,33);(H,6,7). The summed E-state index contributed by atoms with van der Waals surface area (Å²) >= 11 is 0. The summed E-state index contributed by atoms with van der Waals surface area (Å²) in [5, 5.41) is 28.8. The number of rotatable bonds is 10. The number of carboxylic acid groups (broad SMARTS) is 1. The molecule has 43 heavy (non-hydrogen) atoms. The maximum Gasteiger partial charge on any atom is 0.490 e. The molecule has 11 nitrogen and oxygen atoms in total. The highest BCUT2D eigenvalue weighted by molar-refractivity contribution is 5.88. The summed E-state index contributed by atoms with van der Waals surface area (Å²) in [6, 6.07) is 21.5. The Bertz CT molecular complexity index is 1480. The van der Waals surface area contributed by atoms with Crippen molar-refractivity contribution in [1.82, 2.24) is 20.3 Å². The molecule has 0 amide bonds. The number of nitrogens with zero attached hydrogens (tertiary/aromatic N) is 4. The van der Waals surface area contributed by atoms with Crippen LogP contribution in [-0.2, 0) is 11.2 Å². The molecule has 1 aromatic heterocycles. The van der Waals surface area contributed by atoms with Crippen molar-refractivity contribution in [2.45, 2.75) is 12.6 Å². The van der Waals surface area contributed by atoms with Crippen LogP contribution in [0.3, 0.4) is 0 Å². The van der Waals surface area contributed by atoms with Gasteiger partial charge < -0.3 is 35.8 Å². The molecule has 0 saturated carbocycles. The Morgan fingerprint density at radius 1 is 0.907 bits per heavy atom. The Labute approximate surface area is 245 Å². The third-order valence-electron chi connectivity index (χ3n) is 6.29. The number of aromatic hydroxyl groups is 1. The number of carbonyl (C=O) groups is 1. The Kier molecular flexibility index (Phi) is 10.7. The van der Waals surface area contributed by atoms with Gasteiger partial charge in [-0.1, -0.05) is 48.5 Å². The van der Waals surface area contributed by atoms with Gasteiger partial charge in [0.2, 0.25) is 17.8 Å². The third kappa shape index (κ3) is 9.60. The van der Waals surface area contributed by atoms with Gasteiger partial charge in [0.25, 0.3) is 0 Å². The van der Waals surface area contributed by atoms with Crippen LogP contribution in [-0.4, -0.2) is 83.2 Å². The lowest BCUT2D eigenvalue weighted by Crippen LogP contribution is -2.44. The van der Waals surface area contributed by atoms with Crippen LogP contribution >= 0.6 is 0 Å². The molecule has 5 N–H and O–H groups in total. The Morgan fingerprint density at radius 2 is 1.53 bits per heavy atom. The van der Waals surface area contributed by atoms with Crippen molar-refractivity contribution in [3.8, 4) is 11.5 Å². The normalized spacial score (nSPS) is 13.1. The molecular weight excluding hydrogens is 567 g/mol. The Hall–Kier alpha value is -4.85. The monoisotopic (exact) mass is 599 g/mol. The van der Waals surface area contributed by atoms with Gasteiger partial charge in [-0.15, -0.1) is 0 Å². The van der Waals surface area contributed by atoms with E-state index in [0.29, 0.717) is 37.5 Å². The zero-order valence-corrected chi connectivity index (χ0v) is 23.1. The van der Waals surface area contributed by atoms with Gasteiger partial charge in [-0.2, -0.15) is 28.1 Å². The lowest BCUT2D eigenvalue weighted by atomic mass is 10.1. The van der Waals surface area contributed by atoms with E-state index in [2.05, 4.69) is 54.0 Å². The SMILES string of the molecule is O=C(O)C(F)(F)F.Oc1ccc(CCNc2nc(NCCOc3cccc4ccccc34)nc(N3CCNCC3)n2)cc1. The molecule has 3 aromatic carbocycles. The fourth-order valence-corrected chi connectivity index (χ4v) is 4.16. The average molecular weight is 600 g/mol. The van der Waals surface area contributed by atoms with Gasteiger partial charge in [0.15, 0.2) is 0 Å². The second kappa shape index (κ2) is 14.9. The van der Waals surface area contributed by atoms with Gasteiger partial charge in [0, 0.05) is 38.1 Å². The molecule has 14 heteroatoms. The number of fused-ring (bicyclic) bond motifs is 1. The van der Waals surface area contributed by atoms with Crippen LogP contribution in [0.15, 0.2) is 66.7 Å². The van der Waals surface area contributed by atoms with Crippen molar-refractivity contribution in [3.05, 3.63) is 72.3 Å². The number of piperazine rings is 1. The molecule has 2 heterocycles. The molecule has 0 bridgehead atoms. The predicted molar refractivity (Wildman–Crippen MR) is 157 cm³/mol. The van der Waals surface area contributed by atoms with E-state index in [9.17, 15) is 18.3 Å². The Balaban J connectivity index is 0.000000541. The van der Waals surface area contributed by atoms with Crippen LogP contribution in [0.4, 0.5) is 31.0 Å². The second-order valence-electron chi connectivity index (χ2n) is 9.42. The van der Waals surface area contributed by atoms with Gasteiger partial charge in [0.1, 0.15) is 18.1 Å². The number of alkyl halides is 3. The fraction of sp³-hybridized carbons (Fsp3) is 0.310. The highest BCUT2D eigenvalue weighted by Crippen LogP contribution is 2.25. The predicted octanol–water partition coefficient (Wildman–Crippen LogP) is 3.92. The van der Waals surface area contributed by atoms with Gasteiger partial charge in [-0.3, -0.25) is 0 Å². The first-order valence-electron chi connectivity index (χ1n) is 13.6. The minimum absolute atomic E-state index is 0.269. The number of hydrogen-bond donors (Lipinski definition) is 5. The van der Waals surface area contributed by atoms with E-state index >= 15 is 0 Å². The van der Waals surface area contributed by atoms with Crippen molar-refractivity contribution in [2.24, 2.45) is 0 Å². The van der Waals surface area contributed by atoms with Crippen LogP contribution in [0.1, 0.15) is 5.56 Å². The maximum absolute atomic E-state index is 10.6. The first-order chi connectivity index (χ1) is 20.7. The van der Waals surface area contributed by atoms with Crippen molar-refractivity contribution in [3.63, 3.8) is 0 Å². The van der Waals surface area contributed by atoms with Gasteiger partial charge >= 0.3 is 12.1 Å². The van der Waals surface area contributed by atoms with Crippen LogP contribution in [0, 0.1) is 0 Å². The van der Waals surface area contributed by atoms with Crippen molar-refractivity contribution < 1.29 is 32.9 Å². The summed E-state index contributed by atoms with van der Waals surface area (Å²) in [6.07, 6.45) is -4.30. The van der Waals surface area contributed by atoms with Crippen LogP contribution in [0.5, 0.6) is 11.5 Å².